The highest BCUT2D eigenvalue weighted by Gasteiger charge is 2.18. The van der Waals surface area contributed by atoms with Crippen LogP contribution in [0.1, 0.15) is 34.5 Å². The van der Waals surface area contributed by atoms with Crippen LogP contribution in [0.3, 0.4) is 0 Å². The van der Waals surface area contributed by atoms with Crippen molar-refractivity contribution in [3.05, 3.63) is 70.5 Å². The standard InChI is InChI=1S/C23H23N3OS/c1-14-19(15(2)25-23(24-14)28-3)10-11-22(27)26-18-9-8-17-12-16-6-4-5-7-20(16)21(17)13-18/h4-9,13H,10-12H2,1-3H3,(H,26,27). The van der Waals surface area contributed by atoms with Gasteiger partial charge in [0, 0.05) is 23.5 Å². The van der Waals surface area contributed by atoms with E-state index in [1.165, 1.54) is 34.0 Å². The maximum atomic E-state index is 12.5. The Morgan fingerprint density at radius 3 is 2.50 bits per heavy atom. The number of hydrogen-bond acceptors (Lipinski definition) is 4. The summed E-state index contributed by atoms with van der Waals surface area (Å²) >= 11 is 1.54. The summed E-state index contributed by atoms with van der Waals surface area (Å²) in [5.41, 5.74) is 8.99. The summed E-state index contributed by atoms with van der Waals surface area (Å²) < 4.78 is 0. The Morgan fingerprint density at radius 2 is 1.75 bits per heavy atom. The van der Waals surface area contributed by atoms with Gasteiger partial charge < -0.3 is 5.32 Å². The van der Waals surface area contributed by atoms with E-state index in [1.54, 1.807) is 0 Å². The van der Waals surface area contributed by atoms with E-state index >= 15 is 0 Å². The van der Waals surface area contributed by atoms with Gasteiger partial charge in [0.1, 0.15) is 0 Å². The summed E-state index contributed by atoms with van der Waals surface area (Å²) in [6, 6.07) is 14.7. The van der Waals surface area contributed by atoms with Crippen LogP contribution in [0.5, 0.6) is 0 Å². The van der Waals surface area contributed by atoms with Crippen molar-refractivity contribution in [1.82, 2.24) is 9.97 Å². The molecule has 1 aromatic heterocycles. The van der Waals surface area contributed by atoms with Gasteiger partial charge in [-0.05, 0) is 72.9 Å². The number of carbonyl (C=O) groups excluding carboxylic acids is 1. The van der Waals surface area contributed by atoms with Crippen LogP contribution in [-0.2, 0) is 17.6 Å². The van der Waals surface area contributed by atoms with Gasteiger partial charge in [-0.1, -0.05) is 42.1 Å². The molecule has 142 valence electrons. The molecule has 0 aliphatic heterocycles. The lowest BCUT2D eigenvalue weighted by Crippen LogP contribution is -2.14. The Kier molecular flexibility index (Phi) is 5.18. The Bertz CT molecular complexity index is 1040. The van der Waals surface area contributed by atoms with E-state index < -0.39 is 0 Å². The van der Waals surface area contributed by atoms with E-state index in [4.69, 9.17) is 0 Å². The number of aryl methyl sites for hydroxylation is 2. The predicted octanol–water partition coefficient (Wildman–Crippen LogP) is 4.96. The summed E-state index contributed by atoms with van der Waals surface area (Å²) in [5, 5.41) is 3.83. The number of thioether (sulfide) groups is 1. The minimum Gasteiger partial charge on any atom is -0.326 e. The molecule has 4 rings (SSSR count). The molecule has 5 heteroatoms. The Labute approximate surface area is 169 Å². The van der Waals surface area contributed by atoms with E-state index in [1.807, 2.05) is 26.2 Å². The monoisotopic (exact) mass is 389 g/mol. The summed E-state index contributed by atoms with van der Waals surface area (Å²) in [5.74, 6) is 0.0129. The third-order valence-electron chi connectivity index (χ3n) is 5.27. The quantitative estimate of drug-likeness (QED) is 0.387. The van der Waals surface area contributed by atoms with E-state index in [9.17, 15) is 4.79 Å². The number of nitrogens with one attached hydrogen (secondary N) is 1. The molecule has 0 saturated carbocycles. The zero-order valence-corrected chi connectivity index (χ0v) is 17.2. The molecular formula is C23H23N3OS. The van der Waals surface area contributed by atoms with Crippen LogP contribution in [-0.4, -0.2) is 22.1 Å². The van der Waals surface area contributed by atoms with Crippen molar-refractivity contribution in [2.45, 2.75) is 38.3 Å². The van der Waals surface area contributed by atoms with Crippen LogP contribution in [0, 0.1) is 13.8 Å². The fraction of sp³-hybridized carbons (Fsp3) is 0.261. The van der Waals surface area contributed by atoms with Crippen molar-refractivity contribution in [1.29, 1.82) is 0 Å². The molecule has 1 N–H and O–H groups in total. The predicted molar refractivity (Wildman–Crippen MR) is 115 cm³/mol. The molecule has 1 heterocycles. The van der Waals surface area contributed by atoms with E-state index in [-0.39, 0.29) is 5.91 Å². The number of benzene rings is 2. The molecule has 0 saturated heterocycles. The molecule has 2 aromatic carbocycles. The molecule has 0 fully saturated rings. The van der Waals surface area contributed by atoms with Gasteiger partial charge in [0.2, 0.25) is 5.91 Å². The Morgan fingerprint density at radius 1 is 1.04 bits per heavy atom. The molecule has 1 aliphatic carbocycles. The lowest BCUT2D eigenvalue weighted by atomic mass is 10.0. The van der Waals surface area contributed by atoms with Gasteiger partial charge in [-0.2, -0.15) is 0 Å². The highest BCUT2D eigenvalue weighted by molar-refractivity contribution is 7.98. The molecule has 1 aliphatic rings. The number of aromatic nitrogens is 2. The maximum Gasteiger partial charge on any atom is 0.224 e. The number of carbonyl (C=O) groups is 1. The summed E-state index contributed by atoms with van der Waals surface area (Å²) in [6.45, 7) is 3.97. The second kappa shape index (κ2) is 7.76. The minimum atomic E-state index is 0.0129. The highest BCUT2D eigenvalue weighted by Crippen LogP contribution is 2.37. The zero-order chi connectivity index (χ0) is 19.7. The average Bonchev–Trinajstić information content (AvgIpc) is 3.05. The molecule has 0 bridgehead atoms. The van der Waals surface area contributed by atoms with Crippen molar-refractivity contribution in [3.63, 3.8) is 0 Å². The number of amides is 1. The van der Waals surface area contributed by atoms with Gasteiger partial charge in [0.15, 0.2) is 5.16 Å². The second-order valence-electron chi connectivity index (χ2n) is 7.11. The first-order valence-corrected chi connectivity index (χ1v) is 10.7. The first kappa shape index (κ1) is 18.7. The number of anilines is 1. The average molecular weight is 390 g/mol. The van der Waals surface area contributed by atoms with Crippen LogP contribution < -0.4 is 5.32 Å². The molecule has 0 atom stereocenters. The van der Waals surface area contributed by atoms with Crippen LogP contribution >= 0.6 is 11.8 Å². The normalized spacial score (nSPS) is 11.8. The van der Waals surface area contributed by atoms with Gasteiger partial charge in [-0.3, -0.25) is 4.79 Å². The lowest BCUT2D eigenvalue weighted by molar-refractivity contribution is -0.116. The fourth-order valence-corrected chi connectivity index (χ4v) is 4.28. The number of rotatable bonds is 5. The Hall–Kier alpha value is -2.66. The van der Waals surface area contributed by atoms with Crippen LogP contribution in [0.2, 0.25) is 0 Å². The number of fused-ring (bicyclic) bond motifs is 3. The van der Waals surface area contributed by atoms with Crippen molar-refractivity contribution in [2.75, 3.05) is 11.6 Å². The van der Waals surface area contributed by atoms with Crippen molar-refractivity contribution < 1.29 is 4.79 Å². The first-order chi connectivity index (χ1) is 13.5. The maximum absolute atomic E-state index is 12.5. The first-order valence-electron chi connectivity index (χ1n) is 9.44. The SMILES string of the molecule is CSc1nc(C)c(CCC(=O)Nc2ccc3c(c2)-c2ccccc2C3)c(C)n1. The molecule has 3 aromatic rings. The smallest absolute Gasteiger partial charge is 0.224 e. The van der Waals surface area contributed by atoms with Gasteiger partial charge in [-0.15, -0.1) is 0 Å². The summed E-state index contributed by atoms with van der Waals surface area (Å²) in [6.07, 6.45) is 3.99. The molecule has 4 nitrogen and oxygen atoms in total. The zero-order valence-electron chi connectivity index (χ0n) is 16.4. The molecule has 0 spiro atoms. The summed E-state index contributed by atoms with van der Waals surface area (Å²) in [7, 11) is 0. The number of nitrogens with zero attached hydrogens (tertiary/aromatic N) is 2. The van der Waals surface area contributed by atoms with E-state index in [0.717, 1.165) is 34.2 Å². The second-order valence-corrected chi connectivity index (χ2v) is 7.89. The van der Waals surface area contributed by atoms with Crippen molar-refractivity contribution in [2.24, 2.45) is 0 Å². The van der Waals surface area contributed by atoms with Gasteiger partial charge in [0.05, 0.1) is 0 Å². The summed E-state index contributed by atoms with van der Waals surface area (Å²) in [4.78, 5) is 21.5. The molecule has 28 heavy (non-hydrogen) atoms. The third kappa shape index (κ3) is 3.67. The van der Waals surface area contributed by atoms with Crippen LogP contribution in [0.25, 0.3) is 11.1 Å². The highest BCUT2D eigenvalue weighted by atomic mass is 32.2. The van der Waals surface area contributed by atoms with Crippen LogP contribution in [0.15, 0.2) is 47.6 Å². The van der Waals surface area contributed by atoms with Gasteiger partial charge in [0.25, 0.3) is 0 Å². The van der Waals surface area contributed by atoms with Gasteiger partial charge >= 0.3 is 0 Å². The molecular weight excluding hydrogens is 366 g/mol. The topological polar surface area (TPSA) is 54.9 Å². The molecule has 0 unspecified atom stereocenters. The Balaban J connectivity index is 1.45. The van der Waals surface area contributed by atoms with E-state index in [0.29, 0.717) is 12.8 Å². The van der Waals surface area contributed by atoms with Crippen LogP contribution in [0.4, 0.5) is 5.69 Å². The molecule has 1 amide bonds. The third-order valence-corrected chi connectivity index (χ3v) is 5.81. The van der Waals surface area contributed by atoms with Gasteiger partial charge in [-0.25, -0.2) is 9.97 Å². The number of hydrogen-bond donors (Lipinski definition) is 1. The van der Waals surface area contributed by atoms with E-state index in [2.05, 4.69) is 51.7 Å². The van der Waals surface area contributed by atoms with Crippen molar-refractivity contribution in [3.8, 4) is 11.1 Å². The van der Waals surface area contributed by atoms with Crippen molar-refractivity contribution >= 4 is 23.4 Å². The molecule has 0 radical (unpaired) electrons. The lowest BCUT2D eigenvalue weighted by Gasteiger charge is -2.11. The largest absolute Gasteiger partial charge is 0.326 e. The minimum absolute atomic E-state index is 0.0129. The fourth-order valence-electron chi connectivity index (χ4n) is 3.83.